The number of allylic oxidation sites excluding steroid dienone is 1. The second-order valence-electron chi connectivity index (χ2n) is 3.13. The van der Waals surface area contributed by atoms with Gasteiger partial charge in [0.2, 0.25) is 0 Å². The summed E-state index contributed by atoms with van der Waals surface area (Å²) < 4.78 is 2.68. The topological polar surface area (TPSA) is 41.6 Å². The Kier molecular flexibility index (Phi) is 4.61. The number of rotatable bonds is 3. The van der Waals surface area contributed by atoms with Gasteiger partial charge in [0, 0.05) is 18.2 Å². The van der Waals surface area contributed by atoms with Gasteiger partial charge in [-0.05, 0) is 29.0 Å². The van der Waals surface area contributed by atoms with Crippen LogP contribution in [0.3, 0.4) is 0 Å². The smallest absolute Gasteiger partial charge is 0.107 e. The van der Waals surface area contributed by atoms with Gasteiger partial charge in [0.25, 0.3) is 0 Å². The molecule has 0 aliphatic rings. The SMILES string of the molecule is CCC/C(C#N)=C(\Cl)c1cnn(C)c1I. The first kappa shape index (κ1) is 12.5. The van der Waals surface area contributed by atoms with Crippen LogP contribution in [0.2, 0.25) is 0 Å². The van der Waals surface area contributed by atoms with Gasteiger partial charge in [-0.3, -0.25) is 4.68 Å². The van der Waals surface area contributed by atoms with Crippen LogP contribution in [0.25, 0.3) is 5.03 Å². The Labute approximate surface area is 108 Å². The molecule has 0 aliphatic heterocycles. The summed E-state index contributed by atoms with van der Waals surface area (Å²) in [5.74, 6) is 0. The molecular formula is C10H11ClIN3. The van der Waals surface area contributed by atoms with E-state index in [0.29, 0.717) is 17.0 Å². The van der Waals surface area contributed by atoms with Crippen molar-refractivity contribution >= 4 is 39.2 Å². The average Bonchev–Trinajstić information content (AvgIpc) is 2.55. The van der Waals surface area contributed by atoms with Crippen molar-refractivity contribution in [3.05, 3.63) is 21.0 Å². The molecule has 80 valence electrons. The fourth-order valence-corrected chi connectivity index (χ4v) is 2.17. The fraction of sp³-hybridized carbons (Fsp3) is 0.400. The molecule has 3 nitrogen and oxygen atoms in total. The molecule has 1 rings (SSSR count). The van der Waals surface area contributed by atoms with E-state index >= 15 is 0 Å². The van der Waals surface area contributed by atoms with Gasteiger partial charge in [0.15, 0.2) is 0 Å². The highest BCUT2D eigenvalue weighted by atomic mass is 127. The first-order chi connectivity index (χ1) is 7.11. The molecule has 1 heterocycles. The monoisotopic (exact) mass is 335 g/mol. The standard InChI is InChI=1S/C10H11ClIN3/c1-3-4-7(5-13)9(11)8-6-14-15(2)10(8)12/h6H,3-4H2,1-2H3/b9-7+. The first-order valence-electron chi connectivity index (χ1n) is 4.58. The zero-order chi connectivity index (χ0) is 11.4. The molecular weight excluding hydrogens is 324 g/mol. The van der Waals surface area contributed by atoms with E-state index in [9.17, 15) is 0 Å². The molecule has 0 bridgehead atoms. The van der Waals surface area contributed by atoms with E-state index in [-0.39, 0.29) is 0 Å². The van der Waals surface area contributed by atoms with Crippen molar-refractivity contribution in [2.24, 2.45) is 7.05 Å². The Bertz CT molecular complexity index is 428. The number of hydrogen-bond donors (Lipinski definition) is 0. The molecule has 1 aromatic heterocycles. The third-order valence-corrected chi connectivity index (χ3v) is 3.71. The molecule has 5 heteroatoms. The lowest BCUT2D eigenvalue weighted by atomic mass is 10.1. The van der Waals surface area contributed by atoms with Crippen LogP contribution >= 0.6 is 34.2 Å². The number of hydrogen-bond acceptors (Lipinski definition) is 2. The van der Waals surface area contributed by atoms with E-state index in [1.54, 1.807) is 10.9 Å². The van der Waals surface area contributed by atoms with Gasteiger partial charge in [-0.25, -0.2) is 0 Å². The quantitative estimate of drug-likeness (QED) is 0.628. The lowest BCUT2D eigenvalue weighted by Gasteiger charge is -2.01. The first-order valence-corrected chi connectivity index (χ1v) is 6.04. The molecule has 0 aliphatic carbocycles. The molecule has 0 saturated carbocycles. The zero-order valence-electron chi connectivity index (χ0n) is 8.59. The molecule has 0 aromatic carbocycles. The molecule has 0 atom stereocenters. The number of aromatic nitrogens is 2. The zero-order valence-corrected chi connectivity index (χ0v) is 11.5. The van der Waals surface area contributed by atoms with Gasteiger partial charge in [-0.15, -0.1) is 0 Å². The molecule has 1 aromatic rings. The molecule has 15 heavy (non-hydrogen) atoms. The molecule has 0 N–H and O–H groups in total. The Morgan fingerprint density at radius 2 is 2.40 bits per heavy atom. The Balaban J connectivity index is 3.17. The summed E-state index contributed by atoms with van der Waals surface area (Å²) >= 11 is 8.33. The number of aryl methyl sites for hydroxylation is 1. The Morgan fingerprint density at radius 3 is 2.80 bits per heavy atom. The van der Waals surface area contributed by atoms with Gasteiger partial charge >= 0.3 is 0 Å². The Hall–Kier alpha value is -0.540. The second kappa shape index (κ2) is 5.52. The van der Waals surface area contributed by atoms with E-state index in [1.807, 2.05) is 14.0 Å². The molecule has 0 fully saturated rings. The lowest BCUT2D eigenvalue weighted by Crippen LogP contribution is -1.93. The van der Waals surface area contributed by atoms with E-state index in [2.05, 4.69) is 33.8 Å². The summed E-state index contributed by atoms with van der Waals surface area (Å²) in [7, 11) is 1.85. The van der Waals surface area contributed by atoms with Crippen molar-refractivity contribution in [3.8, 4) is 6.07 Å². The van der Waals surface area contributed by atoms with Gasteiger partial charge < -0.3 is 0 Å². The van der Waals surface area contributed by atoms with Crippen LogP contribution in [0.1, 0.15) is 25.3 Å². The van der Waals surface area contributed by atoms with Crippen LogP contribution in [0.5, 0.6) is 0 Å². The molecule has 0 radical (unpaired) electrons. The normalized spacial score (nSPS) is 12.2. The maximum atomic E-state index is 8.96. The highest BCUT2D eigenvalue weighted by Crippen LogP contribution is 2.28. The van der Waals surface area contributed by atoms with Crippen LogP contribution in [0.4, 0.5) is 0 Å². The van der Waals surface area contributed by atoms with Gasteiger partial charge in [0.05, 0.1) is 17.3 Å². The summed E-state index contributed by atoms with van der Waals surface area (Å²) in [6.45, 7) is 2.02. The summed E-state index contributed by atoms with van der Waals surface area (Å²) in [5, 5.41) is 13.6. The number of nitriles is 1. The summed E-state index contributed by atoms with van der Waals surface area (Å²) in [6.07, 6.45) is 3.31. The Morgan fingerprint density at radius 1 is 1.73 bits per heavy atom. The van der Waals surface area contributed by atoms with Crippen molar-refractivity contribution < 1.29 is 0 Å². The van der Waals surface area contributed by atoms with Crippen LogP contribution < -0.4 is 0 Å². The number of nitrogens with zero attached hydrogens (tertiary/aromatic N) is 3. The fourth-order valence-electron chi connectivity index (χ4n) is 1.20. The average molecular weight is 336 g/mol. The lowest BCUT2D eigenvalue weighted by molar-refractivity contribution is 0.747. The van der Waals surface area contributed by atoms with Crippen LogP contribution in [0.15, 0.2) is 11.8 Å². The molecule has 0 unspecified atom stereocenters. The van der Waals surface area contributed by atoms with Crippen LogP contribution in [-0.4, -0.2) is 9.78 Å². The van der Waals surface area contributed by atoms with Crippen molar-refractivity contribution in [2.75, 3.05) is 0 Å². The van der Waals surface area contributed by atoms with Crippen LogP contribution in [0, 0.1) is 15.0 Å². The predicted octanol–water partition coefficient (Wildman–Crippen LogP) is 3.30. The summed E-state index contributed by atoms with van der Waals surface area (Å²) in [4.78, 5) is 0. The van der Waals surface area contributed by atoms with E-state index < -0.39 is 0 Å². The number of halogens is 2. The highest BCUT2D eigenvalue weighted by Gasteiger charge is 2.12. The van der Waals surface area contributed by atoms with E-state index in [4.69, 9.17) is 16.9 Å². The third kappa shape index (κ3) is 2.73. The minimum absolute atomic E-state index is 0.525. The largest absolute Gasteiger partial charge is 0.262 e. The minimum atomic E-state index is 0.525. The maximum Gasteiger partial charge on any atom is 0.107 e. The summed E-state index contributed by atoms with van der Waals surface area (Å²) in [6, 6.07) is 2.15. The van der Waals surface area contributed by atoms with Crippen LogP contribution in [-0.2, 0) is 7.05 Å². The van der Waals surface area contributed by atoms with Crippen molar-refractivity contribution in [1.29, 1.82) is 5.26 Å². The molecule has 0 amide bonds. The maximum absolute atomic E-state index is 8.96. The van der Waals surface area contributed by atoms with Crippen molar-refractivity contribution in [1.82, 2.24) is 9.78 Å². The van der Waals surface area contributed by atoms with E-state index in [1.165, 1.54) is 0 Å². The molecule has 0 spiro atoms. The van der Waals surface area contributed by atoms with Crippen molar-refractivity contribution in [3.63, 3.8) is 0 Å². The summed E-state index contributed by atoms with van der Waals surface area (Å²) in [5.41, 5.74) is 1.47. The highest BCUT2D eigenvalue weighted by molar-refractivity contribution is 14.1. The second-order valence-corrected chi connectivity index (χ2v) is 4.53. The van der Waals surface area contributed by atoms with Gasteiger partial charge in [-0.1, -0.05) is 24.9 Å². The minimum Gasteiger partial charge on any atom is -0.262 e. The third-order valence-electron chi connectivity index (χ3n) is 2.00. The predicted molar refractivity (Wildman–Crippen MR) is 69.2 cm³/mol. The van der Waals surface area contributed by atoms with Gasteiger partial charge in [-0.2, -0.15) is 10.4 Å². The van der Waals surface area contributed by atoms with E-state index in [0.717, 1.165) is 15.7 Å². The molecule has 0 saturated heterocycles. The van der Waals surface area contributed by atoms with Gasteiger partial charge in [0.1, 0.15) is 3.70 Å². The van der Waals surface area contributed by atoms with Crippen molar-refractivity contribution in [2.45, 2.75) is 19.8 Å².